The maximum absolute atomic E-state index is 11.6. The van der Waals surface area contributed by atoms with Crippen molar-refractivity contribution in [2.75, 3.05) is 12.4 Å². The Morgan fingerprint density at radius 1 is 1.24 bits per heavy atom. The second-order valence-corrected chi connectivity index (χ2v) is 5.64. The first kappa shape index (κ1) is 17.0. The molecule has 6 nitrogen and oxygen atoms in total. The number of nitrogens with two attached hydrogens (primary N) is 1. The van der Waals surface area contributed by atoms with Crippen LogP contribution in [-0.4, -0.2) is 24.8 Å². The summed E-state index contributed by atoms with van der Waals surface area (Å²) in [7, 11) is 1.32. The van der Waals surface area contributed by atoms with Crippen LogP contribution >= 0.6 is 0 Å². The number of carbonyl (C=O) groups is 2. The van der Waals surface area contributed by atoms with Crippen molar-refractivity contribution in [1.29, 1.82) is 0 Å². The zero-order chi connectivity index (χ0) is 16.0. The summed E-state index contributed by atoms with van der Waals surface area (Å²) in [6, 6.07) is 6.47. The van der Waals surface area contributed by atoms with Gasteiger partial charge in [-0.15, -0.1) is 0 Å². The minimum atomic E-state index is -0.549. The van der Waals surface area contributed by atoms with Gasteiger partial charge in [-0.2, -0.15) is 0 Å². The predicted molar refractivity (Wildman–Crippen MR) is 79.9 cm³/mol. The molecule has 21 heavy (non-hydrogen) atoms. The van der Waals surface area contributed by atoms with Crippen LogP contribution in [0.1, 0.15) is 38.8 Å². The highest BCUT2D eigenvalue weighted by Gasteiger charge is 2.16. The van der Waals surface area contributed by atoms with E-state index in [9.17, 15) is 9.59 Å². The molecular weight excluding hydrogens is 272 g/mol. The number of amides is 1. The van der Waals surface area contributed by atoms with Gasteiger partial charge in [-0.25, -0.2) is 4.79 Å². The summed E-state index contributed by atoms with van der Waals surface area (Å²) in [4.78, 5) is 22.8. The van der Waals surface area contributed by atoms with E-state index in [4.69, 9.17) is 10.5 Å². The average molecular weight is 294 g/mol. The third kappa shape index (κ3) is 6.27. The monoisotopic (exact) mass is 294 g/mol. The van der Waals surface area contributed by atoms with Crippen molar-refractivity contribution in [3.8, 4) is 0 Å². The summed E-state index contributed by atoms with van der Waals surface area (Å²) in [5.74, 6) is -0.363. The van der Waals surface area contributed by atoms with Gasteiger partial charge in [0.25, 0.3) is 0 Å². The fourth-order valence-corrected chi connectivity index (χ4v) is 1.62. The molecule has 0 heterocycles. The van der Waals surface area contributed by atoms with Gasteiger partial charge in [0.15, 0.2) is 0 Å². The van der Waals surface area contributed by atoms with Crippen LogP contribution in [0, 0.1) is 0 Å². The molecule has 0 saturated heterocycles. The molecule has 1 aromatic rings. The molecule has 0 aliphatic rings. The zero-order valence-electron chi connectivity index (χ0n) is 12.8. The van der Waals surface area contributed by atoms with Crippen molar-refractivity contribution >= 4 is 17.7 Å². The van der Waals surface area contributed by atoms with Crippen molar-refractivity contribution in [2.24, 2.45) is 5.73 Å². The van der Waals surface area contributed by atoms with Crippen molar-refractivity contribution < 1.29 is 19.1 Å². The number of methoxy groups -OCH3 is 1. The molecule has 6 heteroatoms. The third-order valence-electron chi connectivity index (χ3n) is 2.60. The summed E-state index contributed by atoms with van der Waals surface area (Å²) in [5.41, 5.74) is 6.73. The second kappa shape index (κ2) is 7.08. The summed E-state index contributed by atoms with van der Waals surface area (Å²) in [6.45, 7) is 5.38. The lowest BCUT2D eigenvalue weighted by Crippen LogP contribution is -2.27. The van der Waals surface area contributed by atoms with Crippen LogP contribution in [0.25, 0.3) is 0 Å². The molecule has 0 radical (unpaired) electrons. The highest BCUT2D eigenvalue weighted by Crippen LogP contribution is 2.18. The maximum atomic E-state index is 11.6. The van der Waals surface area contributed by atoms with Crippen LogP contribution < -0.4 is 11.1 Å². The Hall–Kier alpha value is -2.08. The van der Waals surface area contributed by atoms with E-state index in [-0.39, 0.29) is 12.4 Å². The van der Waals surface area contributed by atoms with Crippen LogP contribution in [-0.2, 0) is 14.3 Å². The van der Waals surface area contributed by atoms with Gasteiger partial charge >= 0.3 is 12.1 Å². The molecule has 1 amide bonds. The molecular formula is C15H22N2O4. The molecule has 0 fully saturated rings. The van der Waals surface area contributed by atoms with Crippen LogP contribution in [0.4, 0.5) is 10.5 Å². The smallest absolute Gasteiger partial charge is 0.412 e. The minimum Gasteiger partial charge on any atom is -0.469 e. The van der Waals surface area contributed by atoms with Crippen LogP contribution in [0.3, 0.4) is 0 Å². The van der Waals surface area contributed by atoms with E-state index in [0.717, 1.165) is 5.56 Å². The van der Waals surface area contributed by atoms with Crippen molar-refractivity contribution in [3.05, 3.63) is 29.8 Å². The van der Waals surface area contributed by atoms with Gasteiger partial charge in [0.05, 0.1) is 13.5 Å². The molecule has 0 aliphatic heterocycles. The van der Waals surface area contributed by atoms with Crippen molar-refractivity contribution in [2.45, 2.75) is 38.8 Å². The molecule has 0 unspecified atom stereocenters. The maximum Gasteiger partial charge on any atom is 0.412 e. The van der Waals surface area contributed by atoms with Crippen LogP contribution in [0.2, 0.25) is 0 Å². The Labute approximate surface area is 124 Å². The Morgan fingerprint density at radius 3 is 2.29 bits per heavy atom. The molecule has 3 N–H and O–H groups in total. The first-order chi connectivity index (χ1) is 9.71. The third-order valence-corrected chi connectivity index (χ3v) is 2.60. The van der Waals surface area contributed by atoms with Gasteiger partial charge in [0.1, 0.15) is 5.60 Å². The number of carbonyl (C=O) groups excluding carboxylic acids is 2. The molecule has 0 aliphatic carbocycles. The minimum absolute atomic E-state index is 0.106. The summed E-state index contributed by atoms with van der Waals surface area (Å²) in [6.07, 6.45) is -0.413. The predicted octanol–water partition coefficient (Wildman–Crippen LogP) is 2.60. The van der Waals surface area contributed by atoms with Crippen LogP contribution in [0.15, 0.2) is 24.3 Å². The fourth-order valence-electron chi connectivity index (χ4n) is 1.62. The molecule has 1 rings (SSSR count). The number of hydrogen-bond acceptors (Lipinski definition) is 5. The van der Waals surface area contributed by atoms with Gasteiger partial charge < -0.3 is 15.2 Å². The van der Waals surface area contributed by atoms with Gasteiger partial charge in [-0.1, -0.05) is 12.1 Å². The topological polar surface area (TPSA) is 90.6 Å². The molecule has 0 bridgehead atoms. The summed E-state index contributed by atoms with van der Waals surface area (Å²) < 4.78 is 9.72. The van der Waals surface area contributed by atoms with E-state index < -0.39 is 17.7 Å². The highest BCUT2D eigenvalue weighted by atomic mass is 16.6. The van der Waals surface area contributed by atoms with Crippen molar-refractivity contribution in [1.82, 2.24) is 0 Å². The Morgan fingerprint density at radius 2 is 1.81 bits per heavy atom. The van der Waals surface area contributed by atoms with E-state index in [0.29, 0.717) is 5.69 Å². The van der Waals surface area contributed by atoms with Gasteiger partial charge in [0, 0.05) is 11.7 Å². The number of anilines is 1. The molecule has 0 aromatic heterocycles. The Balaban J connectivity index is 2.62. The molecule has 0 saturated carbocycles. The fraction of sp³-hybridized carbons (Fsp3) is 0.467. The number of benzene rings is 1. The number of nitrogens with one attached hydrogen (secondary N) is 1. The van der Waals surface area contributed by atoms with E-state index in [1.807, 2.05) is 0 Å². The lowest BCUT2D eigenvalue weighted by Gasteiger charge is -2.19. The Kier molecular flexibility index (Phi) is 5.72. The van der Waals surface area contributed by atoms with Gasteiger partial charge in [0.2, 0.25) is 0 Å². The lowest BCUT2D eigenvalue weighted by molar-refractivity contribution is -0.141. The van der Waals surface area contributed by atoms with E-state index in [2.05, 4.69) is 10.1 Å². The highest BCUT2D eigenvalue weighted by molar-refractivity contribution is 5.84. The quantitative estimate of drug-likeness (QED) is 0.833. The standard InChI is InChI=1S/C15H22N2O4/c1-15(2,3)21-14(19)17-11-7-5-10(6-8-11)12(16)9-13(18)20-4/h5-8,12H,9,16H2,1-4H3,(H,17,19)/t12-/m1/s1. The van der Waals surface area contributed by atoms with E-state index in [1.165, 1.54) is 7.11 Å². The molecule has 1 atom stereocenters. The molecule has 1 aromatic carbocycles. The summed E-state index contributed by atoms with van der Waals surface area (Å²) >= 11 is 0. The molecule has 116 valence electrons. The number of hydrogen-bond donors (Lipinski definition) is 2. The average Bonchev–Trinajstić information content (AvgIpc) is 2.36. The number of rotatable bonds is 4. The number of esters is 1. The Bertz CT molecular complexity index is 491. The van der Waals surface area contributed by atoms with Crippen LogP contribution in [0.5, 0.6) is 0 Å². The van der Waals surface area contributed by atoms with Gasteiger partial charge in [-0.05, 0) is 38.5 Å². The number of ether oxygens (including phenoxy) is 2. The first-order valence-electron chi connectivity index (χ1n) is 6.63. The van der Waals surface area contributed by atoms with Gasteiger partial charge in [-0.3, -0.25) is 10.1 Å². The van der Waals surface area contributed by atoms with Crippen molar-refractivity contribution in [3.63, 3.8) is 0 Å². The molecule has 0 spiro atoms. The zero-order valence-corrected chi connectivity index (χ0v) is 12.8. The first-order valence-corrected chi connectivity index (χ1v) is 6.63. The SMILES string of the molecule is COC(=O)C[C@@H](N)c1ccc(NC(=O)OC(C)(C)C)cc1. The largest absolute Gasteiger partial charge is 0.469 e. The second-order valence-electron chi connectivity index (χ2n) is 5.64. The van der Waals surface area contributed by atoms with E-state index in [1.54, 1.807) is 45.0 Å². The summed E-state index contributed by atoms with van der Waals surface area (Å²) in [5, 5.41) is 2.62. The lowest BCUT2D eigenvalue weighted by atomic mass is 10.0. The van der Waals surface area contributed by atoms with E-state index >= 15 is 0 Å². The normalized spacial score (nSPS) is 12.4.